The van der Waals surface area contributed by atoms with Gasteiger partial charge in [-0.05, 0) is 31.5 Å². The van der Waals surface area contributed by atoms with Crippen molar-refractivity contribution >= 4 is 9.84 Å². The maximum absolute atomic E-state index is 13.6. The quantitative estimate of drug-likeness (QED) is 0.816. The van der Waals surface area contributed by atoms with Crippen molar-refractivity contribution in [1.82, 2.24) is 15.0 Å². The Labute approximate surface area is 140 Å². The summed E-state index contributed by atoms with van der Waals surface area (Å²) in [5.41, 5.74) is 1.17. The van der Waals surface area contributed by atoms with Crippen molar-refractivity contribution in [2.45, 2.75) is 19.8 Å². The smallest absolute Gasteiger partial charge is 0.227 e. The second-order valence-electron chi connectivity index (χ2n) is 6.07. The van der Waals surface area contributed by atoms with Crippen LogP contribution in [0.3, 0.4) is 0 Å². The van der Waals surface area contributed by atoms with Gasteiger partial charge in [-0.3, -0.25) is 0 Å². The van der Waals surface area contributed by atoms with E-state index >= 15 is 0 Å². The first-order chi connectivity index (χ1) is 11.4. The summed E-state index contributed by atoms with van der Waals surface area (Å²) in [4.78, 5) is 6.43. The number of sulfone groups is 1. The fraction of sp³-hybridized carbons (Fsp3) is 0.500. The lowest BCUT2D eigenvalue weighted by atomic mass is 10.1. The molecular weight excluding hydrogens is 333 g/mol. The molecule has 0 bridgehead atoms. The van der Waals surface area contributed by atoms with E-state index in [0.717, 1.165) is 13.0 Å². The van der Waals surface area contributed by atoms with Crippen LogP contribution in [0.2, 0.25) is 0 Å². The first kappa shape index (κ1) is 17.0. The van der Waals surface area contributed by atoms with Crippen molar-refractivity contribution in [2.75, 3.05) is 31.1 Å². The van der Waals surface area contributed by atoms with E-state index in [0.29, 0.717) is 42.4 Å². The maximum Gasteiger partial charge on any atom is 0.227 e. The SMILES string of the molecule is Cc1ccc(-c2noc(CCCN3CCS(=O)(=O)CC3)n2)cc1F. The summed E-state index contributed by atoms with van der Waals surface area (Å²) in [6.45, 7) is 3.67. The van der Waals surface area contributed by atoms with Gasteiger partial charge < -0.3 is 9.42 Å². The van der Waals surface area contributed by atoms with E-state index in [1.54, 1.807) is 19.1 Å². The molecule has 2 aromatic rings. The average molecular weight is 353 g/mol. The van der Waals surface area contributed by atoms with Gasteiger partial charge in [-0.2, -0.15) is 4.98 Å². The largest absolute Gasteiger partial charge is 0.339 e. The van der Waals surface area contributed by atoms with Crippen LogP contribution in [0, 0.1) is 12.7 Å². The summed E-state index contributed by atoms with van der Waals surface area (Å²) in [7, 11) is -2.84. The Morgan fingerprint density at radius 1 is 1.29 bits per heavy atom. The van der Waals surface area contributed by atoms with Gasteiger partial charge in [0, 0.05) is 25.1 Å². The van der Waals surface area contributed by atoms with E-state index in [2.05, 4.69) is 15.0 Å². The minimum absolute atomic E-state index is 0.233. The highest BCUT2D eigenvalue weighted by Crippen LogP contribution is 2.19. The lowest BCUT2D eigenvalue weighted by molar-refractivity contribution is 0.284. The zero-order valence-corrected chi connectivity index (χ0v) is 14.4. The van der Waals surface area contributed by atoms with Crippen LogP contribution in [0.5, 0.6) is 0 Å². The Kier molecular flexibility index (Phi) is 4.96. The van der Waals surface area contributed by atoms with Crippen molar-refractivity contribution in [2.24, 2.45) is 0 Å². The van der Waals surface area contributed by atoms with Crippen LogP contribution >= 0.6 is 0 Å². The molecule has 0 aliphatic carbocycles. The van der Waals surface area contributed by atoms with Crippen molar-refractivity contribution in [3.63, 3.8) is 0 Å². The van der Waals surface area contributed by atoms with Crippen molar-refractivity contribution in [1.29, 1.82) is 0 Å². The van der Waals surface area contributed by atoms with Crippen LogP contribution < -0.4 is 0 Å². The highest BCUT2D eigenvalue weighted by Gasteiger charge is 2.21. The molecule has 6 nitrogen and oxygen atoms in total. The molecule has 3 rings (SSSR count). The van der Waals surface area contributed by atoms with Gasteiger partial charge >= 0.3 is 0 Å². The molecule has 0 unspecified atom stereocenters. The van der Waals surface area contributed by atoms with E-state index in [9.17, 15) is 12.8 Å². The van der Waals surface area contributed by atoms with Crippen LogP contribution in [-0.2, 0) is 16.3 Å². The Morgan fingerprint density at radius 2 is 2.04 bits per heavy atom. The fourth-order valence-corrected chi connectivity index (χ4v) is 3.91. The number of halogens is 1. The van der Waals surface area contributed by atoms with Crippen LogP contribution in [-0.4, -0.2) is 54.6 Å². The highest BCUT2D eigenvalue weighted by molar-refractivity contribution is 7.91. The van der Waals surface area contributed by atoms with E-state index in [-0.39, 0.29) is 17.3 Å². The average Bonchev–Trinajstić information content (AvgIpc) is 3.00. The first-order valence-corrected chi connectivity index (χ1v) is 9.77. The molecule has 130 valence electrons. The predicted octanol–water partition coefficient (Wildman–Crippen LogP) is 1.85. The van der Waals surface area contributed by atoms with Gasteiger partial charge in [0.2, 0.25) is 11.7 Å². The summed E-state index contributed by atoms with van der Waals surface area (Å²) in [5.74, 6) is 1.07. The molecule has 2 heterocycles. The van der Waals surface area contributed by atoms with Crippen molar-refractivity contribution in [3.8, 4) is 11.4 Å². The third-order valence-corrected chi connectivity index (χ3v) is 5.81. The molecule has 24 heavy (non-hydrogen) atoms. The summed E-state index contributed by atoms with van der Waals surface area (Å²) < 4.78 is 41.6. The molecule has 0 atom stereocenters. The summed E-state index contributed by atoms with van der Waals surface area (Å²) in [5, 5.41) is 3.90. The molecule has 0 spiro atoms. The molecule has 0 amide bonds. The molecule has 1 aliphatic heterocycles. The number of aryl methyl sites for hydroxylation is 2. The second-order valence-corrected chi connectivity index (χ2v) is 8.38. The third-order valence-electron chi connectivity index (χ3n) is 4.20. The lowest BCUT2D eigenvalue weighted by Crippen LogP contribution is -2.40. The molecule has 1 aromatic carbocycles. The minimum atomic E-state index is -2.84. The second kappa shape index (κ2) is 6.98. The summed E-state index contributed by atoms with van der Waals surface area (Å²) in [6.07, 6.45) is 1.43. The van der Waals surface area contributed by atoms with Crippen molar-refractivity contribution in [3.05, 3.63) is 35.5 Å². The Balaban J connectivity index is 1.52. The number of nitrogens with zero attached hydrogens (tertiary/aromatic N) is 3. The number of rotatable bonds is 5. The minimum Gasteiger partial charge on any atom is -0.339 e. The van der Waals surface area contributed by atoms with Gasteiger partial charge in [-0.25, -0.2) is 12.8 Å². The standard InChI is InChI=1S/C16H20FN3O3S/c1-12-4-5-13(11-14(12)17)16-18-15(23-19-16)3-2-6-20-7-9-24(21,22)10-8-20/h4-5,11H,2-3,6-10H2,1H3. The van der Waals surface area contributed by atoms with Crippen LogP contribution in [0.1, 0.15) is 17.9 Å². The topological polar surface area (TPSA) is 76.3 Å². The molecule has 8 heteroatoms. The maximum atomic E-state index is 13.6. The van der Waals surface area contributed by atoms with Crippen LogP contribution in [0.25, 0.3) is 11.4 Å². The van der Waals surface area contributed by atoms with E-state index in [1.165, 1.54) is 6.07 Å². The molecule has 1 fully saturated rings. The fourth-order valence-electron chi connectivity index (χ4n) is 2.63. The van der Waals surface area contributed by atoms with Gasteiger partial charge in [-0.15, -0.1) is 0 Å². The molecule has 1 aromatic heterocycles. The van der Waals surface area contributed by atoms with Gasteiger partial charge in [0.1, 0.15) is 5.82 Å². The van der Waals surface area contributed by atoms with Gasteiger partial charge in [-0.1, -0.05) is 17.3 Å². The van der Waals surface area contributed by atoms with Gasteiger partial charge in [0.05, 0.1) is 11.5 Å². The Bertz CT molecular complexity index is 806. The first-order valence-electron chi connectivity index (χ1n) is 7.95. The molecule has 0 saturated carbocycles. The zero-order valence-electron chi connectivity index (χ0n) is 13.5. The normalized spacial score (nSPS) is 17.9. The van der Waals surface area contributed by atoms with Crippen LogP contribution in [0.15, 0.2) is 22.7 Å². The molecule has 0 N–H and O–H groups in total. The molecule has 1 saturated heterocycles. The summed E-state index contributed by atoms with van der Waals surface area (Å²) in [6, 6.07) is 4.85. The predicted molar refractivity (Wildman–Crippen MR) is 87.8 cm³/mol. The molecule has 0 radical (unpaired) electrons. The van der Waals surface area contributed by atoms with Gasteiger partial charge in [0.25, 0.3) is 0 Å². The van der Waals surface area contributed by atoms with Gasteiger partial charge in [0.15, 0.2) is 9.84 Å². The number of hydrogen-bond donors (Lipinski definition) is 0. The molecular formula is C16H20FN3O3S. The third kappa shape index (κ3) is 4.18. The summed E-state index contributed by atoms with van der Waals surface area (Å²) >= 11 is 0. The van der Waals surface area contributed by atoms with Crippen molar-refractivity contribution < 1.29 is 17.3 Å². The van der Waals surface area contributed by atoms with E-state index < -0.39 is 9.84 Å². The monoisotopic (exact) mass is 353 g/mol. The van der Waals surface area contributed by atoms with Crippen LogP contribution in [0.4, 0.5) is 4.39 Å². The Morgan fingerprint density at radius 3 is 2.75 bits per heavy atom. The van der Waals surface area contributed by atoms with E-state index in [1.807, 2.05) is 0 Å². The number of hydrogen-bond acceptors (Lipinski definition) is 6. The Hall–Kier alpha value is -1.80. The lowest BCUT2D eigenvalue weighted by Gasteiger charge is -2.26. The highest BCUT2D eigenvalue weighted by atomic mass is 32.2. The number of aromatic nitrogens is 2. The van der Waals surface area contributed by atoms with E-state index in [4.69, 9.17) is 4.52 Å². The number of benzene rings is 1. The molecule has 1 aliphatic rings. The zero-order chi connectivity index (χ0) is 17.2.